The second-order valence-electron chi connectivity index (χ2n) is 9.41. The lowest BCUT2D eigenvalue weighted by Gasteiger charge is -2.39. The molecule has 1 aliphatic rings. The third kappa shape index (κ3) is 7.75. The first-order chi connectivity index (χ1) is 18.4. The molecule has 204 valence electrons. The van der Waals surface area contributed by atoms with Crippen molar-refractivity contribution in [1.29, 1.82) is 0 Å². The van der Waals surface area contributed by atoms with Crippen LogP contribution in [0.2, 0.25) is 0 Å². The number of nitrogens with zero attached hydrogens (tertiary/aromatic N) is 1. The molecule has 3 aromatic rings. The molecule has 1 aliphatic heterocycles. The van der Waals surface area contributed by atoms with E-state index in [1.54, 1.807) is 18.2 Å². The zero-order chi connectivity index (χ0) is 28.1. The summed E-state index contributed by atoms with van der Waals surface area (Å²) in [5, 5.41) is 6.40. The van der Waals surface area contributed by atoms with Crippen molar-refractivity contribution >= 4 is 5.84 Å². The smallest absolute Gasteiger partial charge is 0.358 e. The summed E-state index contributed by atoms with van der Waals surface area (Å²) in [6, 6.07) is 21.2. The minimum Gasteiger partial charge on any atom is -0.358 e. The first-order valence-electron chi connectivity index (χ1n) is 12.2. The molecule has 0 aliphatic carbocycles. The molecular weight excluding hydrogens is 516 g/mol. The van der Waals surface area contributed by atoms with E-state index >= 15 is 0 Å². The van der Waals surface area contributed by atoms with Gasteiger partial charge in [-0.25, -0.2) is 0 Å². The molecule has 0 bridgehead atoms. The molecule has 0 fully saturated rings. The lowest BCUT2D eigenvalue weighted by atomic mass is 9.76. The highest BCUT2D eigenvalue weighted by Gasteiger charge is 2.37. The molecule has 0 amide bonds. The number of amidine groups is 1. The predicted molar refractivity (Wildman–Crippen MR) is 140 cm³/mol. The van der Waals surface area contributed by atoms with E-state index in [1.807, 2.05) is 36.4 Å². The lowest BCUT2D eigenvalue weighted by molar-refractivity contribution is -0.128. The van der Waals surface area contributed by atoms with Crippen molar-refractivity contribution in [2.75, 3.05) is 6.54 Å². The molecule has 0 spiro atoms. The zero-order valence-corrected chi connectivity index (χ0v) is 20.9. The van der Waals surface area contributed by atoms with Crippen molar-refractivity contribution in [1.82, 2.24) is 10.6 Å². The molecule has 0 saturated heterocycles. The predicted octanol–water partition coefficient (Wildman–Crippen LogP) is 7.00. The third-order valence-corrected chi connectivity index (χ3v) is 6.25. The van der Waals surface area contributed by atoms with Gasteiger partial charge in [0.05, 0.1) is 30.7 Å². The van der Waals surface area contributed by atoms with Crippen molar-refractivity contribution in [2.45, 2.75) is 37.2 Å². The van der Waals surface area contributed by atoms with Crippen molar-refractivity contribution in [2.24, 2.45) is 4.99 Å². The Hall–Kier alpha value is -4.01. The van der Waals surface area contributed by atoms with Gasteiger partial charge in [-0.15, -0.1) is 0 Å². The summed E-state index contributed by atoms with van der Waals surface area (Å²) in [6.45, 7) is 4.55. The fraction of sp³-hybridized carbons (Fsp3) is 0.233. The van der Waals surface area contributed by atoms with E-state index in [4.69, 9.17) is 0 Å². The highest BCUT2D eigenvalue weighted by molar-refractivity contribution is 5.95. The number of rotatable bonds is 9. The second-order valence-corrected chi connectivity index (χ2v) is 9.41. The van der Waals surface area contributed by atoms with E-state index in [0.717, 1.165) is 5.56 Å². The highest BCUT2D eigenvalue weighted by Crippen LogP contribution is 2.37. The second kappa shape index (κ2) is 11.4. The molecule has 1 heterocycles. The van der Waals surface area contributed by atoms with E-state index in [1.165, 1.54) is 36.4 Å². The Balaban J connectivity index is 1.89. The minimum atomic E-state index is -4.43. The van der Waals surface area contributed by atoms with Gasteiger partial charge in [-0.05, 0) is 33.9 Å². The summed E-state index contributed by atoms with van der Waals surface area (Å²) in [6.07, 6.45) is -7.33. The van der Waals surface area contributed by atoms with Gasteiger partial charge in [0.1, 0.15) is 5.84 Å². The number of hydrogen-bond acceptors (Lipinski definition) is 3. The number of halogens is 6. The van der Waals surface area contributed by atoms with Crippen LogP contribution in [0.4, 0.5) is 26.3 Å². The van der Waals surface area contributed by atoms with Crippen LogP contribution in [0, 0.1) is 0 Å². The van der Waals surface area contributed by atoms with Crippen LogP contribution < -0.4 is 10.6 Å². The van der Waals surface area contributed by atoms with Crippen molar-refractivity contribution in [3.05, 3.63) is 131 Å². The molecule has 0 saturated carbocycles. The zero-order valence-electron chi connectivity index (χ0n) is 20.9. The molecule has 2 N–H and O–H groups in total. The van der Waals surface area contributed by atoms with Gasteiger partial charge in [0.2, 0.25) is 0 Å². The largest absolute Gasteiger partial charge is 0.393 e. The molecule has 0 unspecified atom stereocenters. The normalized spacial score (nSPS) is 13.7. The van der Waals surface area contributed by atoms with Gasteiger partial charge in [-0.1, -0.05) is 91.5 Å². The maximum Gasteiger partial charge on any atom is 0.393 e. The molecule has 39 heavy (non-hydrogen) atoms. The van der Waals surface area contributed by atoms with E-state index in [9.17, 15) is 26.3 Å². The van der Waals surface area contributed by atoms with Crippen molar-refractivity contribution in [3.63, 3.8) is 0 Å². The average molecular weight is 544 g/mol. The Bertz CT molecular complexity index is 1300. The van der Waals surface area contributed by atoms with Crippen LogP contribution in [0.15, 0.2) is 108 Å². The monoisotopic (exact) mass is 543 g/mol. The van der Waals surface area contributed by atoms with Crippen LogP contribution in [0.5, 0.6) is 0 Å². The Morgan fingerprint density at radius 2 is 1.26 bits per heavy atom. The van der Waals surface area contributed by atoms with Crippen LogP contribution >= 0.6 is 0 Å². The van der Waals surface area contributed by atoms with Crippen LogP contribution in [-0.4, -0.2) is 24.7 Å². The SMILES string of the molecule is C=C(NC1=NCC=C1)NC(Cc1ccccc1)(c1cccc(CC(F)(F)F)c1)c1cccc(CC(F)(F)F)c1. The third-order valence-electron chi connectivity index (χ3n) is 6.25. The lowest BCUT2D eigenvalue weighted by Crippen LogP contribution is -2.48. The molecule has 3 nitrogen and oxygen atoms in total. The number of hydrogen-bond donors (Lipinski definition) is 2. The van der Waals surface area contributed by atoms with E-state index in [2.05, 4.69) is 22.2 Å². The Morgan fingerprint density at radius 1 is 0.718 bits per heavy atom. The summed E-state index contributed by atoms with van der Waals surface area (Å²) in [7, 11) is 0. The summed E-state index contributed by atoms with van der Waals surface area (Å²) < 4.78 is 79.9. The topological polar surface area (TPSA) is 36.4 Å². The molecular formula is C30H27F6N3. The van der Waals surface area contributed by atoms with Crippen molar-refractivity contribution in [3.8, 4) is 0 Å². The molecule has 0 atom stereocenters. The van der Waals surface area contributed by atoms with Crippen molar-refractivity contribution < 1.29 is 26.3 Å². The standard InChI is InChI=1S/C30H27F6N3/c1-21(38-27-14-7-15-37-27)39-28(18-22-8-3-2-4-9-22,25-12-5-10-23(16-25)19-29(31,32)33)26-13-6-11-24(17-26)20-30(34,35)36/h2-14,16-17,39H,1,15,18-20H2,(H,37,38). The van der Waals surface area contributed by atoms with Gasteiger partial charge < -0.3 is 10.6 Å². The Kier molecular flexibility index (Phi) is 8.18. The molecule has 3 aromatic carbocycles. The summed E-state index contributed by atoms with van der Waals surface area (Å²) in [5.74, 6) is 0.830. The first-order valence-corrected chi connectivity index (χ1v) is 12.2. The first kappa shape index (κ1) is 28.0. The molecule has 4 rings (SSSR count). The van der Waals surface area contributed by atoms with Crippen LogP contribution in [0.1, 0.15) is 27.8 Å². The van der Waals surface area contributed by atoms with E-state index in [-0.39, 0.29) is 17.5 Å². The van der Waals surface area contributed by atoms with Gasteiger partial charge in [0.15, 0.2) is 0 Å². The summed E-state index contributed by atoms with van der Waals surface area (Å²) in [4.78, 5) is 4.29. The average Bonchev–Trinajstić information content (AvgIpc) is 3.35. The van der Waals surface area contributed by atoms with Gasteiger partial charge in [0.25, 0.3) is 0 Å². The van der Waals surface area contributed by atoms with Crippen LogP contribution in [0.25, 0.3) is 0 Å². The minimum absolute atomic E-state index is 0.0346. The number of benzene rings is 3. The maximum absolute atomic E-state index is 13.3. The van der Waals surface area contributed by atoms with Gasteiger partial charge >= 0.3 is 12.4 Å². The Labute approximate surface area is 223 Å². The summed E-state index contributed by atoms with van der Waals surface area (Å²) >= 11 is 0. The van der Waals surface area contributed by atoms with E-state index < -0.39 is 30.7 Å². The van der Waals surface area contributed by atoms with Crippen LogP contribution in [0.3, 0.4) is 0 Å². The maximum atomic E-state index is 13.3. The highest BCUT2D eigenvalue weighted by atomic mass is 19.4. The van der Waals surface area contributed by atoms with Crippen LogP contribution in [-0.2, 0) is 24.8 Å². The number of nitrogens with one attached hydrogen (secondary N) is 2. The van der Waals surface area contributed by atoms with Gasteiger partial charge in [-0.3, -0.25) is 4.99 Å². The fourth-order valence-electron chi connectivity index (χ4n) is 4.71. The summed E-state index contributed by atoms with van der Waals surface area (Å²) in [5.41, 5.74) is 0.503. The fourth-order valence-corrected chi connectivity index (χ4v) is 4.71. The number of alkyl halides is 6. The quantitative estimate of drug-likeness (QED) is 0.285. The van der Waals surface area contributed by atoms with Gasteiger partial charge in [0, 0.05) is 6.42 Å². The van der Waals surface area contributed by atoms with E-state index in [0.29, 0.717) is 29.3 Å². The molecule has 0 aromatic heterocycles. The molecule has 9 heteroatoms. The number of aliphatic imine (C=N–C) groups is 1. The Morgan fingerprint density at radius 3 is 1.74 bits per heavy atom. The molecule has 0 radical (unpaired) electrons. The van der Waals surface area contributed by atoms with Gasteiger partial charge in [-0.2, -0.15) is 26.3 Å².